The van der Waals surface area contributed by atoms with E-state index in [4.69, 9.17) is 0 Å². The third-order valence-electron chi connectivity index (χ3n) is 3.56. The van der Waals surface area contributed by atoms with E-state index in [0.29, 0.717) is 13.0 Å². The summed E-state index contributed by atoms with van der Waals surface area (Å²) < 4.78 is 24.8. The first-order chi connectivity index (χ1) is 9.05. The lowest BCUT2D eigenvalue weighted by atomic mass is 10.2. The van der Waals surface area contributed by atoms with Crippen LogP contribution in [0.3, 0.4) is 0 Å². The fourth-order valence-electron chi connectivity index (χ4n) is 2.45. The Labute approximate surface area is 111 Å². The maximum absolute atomic E-state index is 11.4. The third-order valence-corrected chi connectivity index (χ3v) is 5.32. The van der Waals surface area contributed by atoms with Gasteiger partial charge in [0.2, 0.25) is 0 Å². The molecule has 1 unspecified atom stereocenters. The van der Waals surface area contributed by atoms with Gasteiger partial charge in [0.15, 0.2) is 9.84 Å². The molecule has 102 valence electrons. The van der Waals surface area contributed by atoms with Crippen molar-refractivity contribution < 1.29 is 8.42 Å². The van der Waals surface area contributed by atoms with Crippen LogP contribution in [0.1, 0.15) is 12.2 Å². The number of aromatic nitrogens is 3. The van der Waals surface area contributed by atoms with E-state index in [1.54, 1.807) is 12.4 Å². The number of rotatable bonds is 3. The molecule has 3 rings (SSSR count). The van der Waals surface area contributed by atoms with E-state index < -0.39 is 9.84 Å². The molecule has 0 amide bonds. The van der Waals surface area contributed by atoms with Crippen LogP contribution in [0.15, 0.2) is 18.5 Å². The summed E-state index contributed by atoms with van der Waals surface area (Å²) >= 11 is 0. The number of nitrogens with zero attached hydrogens (tertiary/aromatic N) is 3. The Bertz CT molecular complexity index is 708. The number of nitrogens with one attached hydrogen (secondary N) is 1. The van der Waals surface area contributed by atoms with Crippen LogP contribution >= 0.6 is 0 Å². The van der Waals surface area contributed by atoms with Crippen molar-refractivity contribution in [2.75, 3.05) is 11.5 Å². The number of sulfone groups is 1. The van der Waals surface area contributed by atoms with Gasteiger partial charge in [-0.2, -0.15) is 0 Å². The van der Waals surface area contributed by atoms with Crippen LogP contribution in [0.25, 0.3) is 11.0 Å². The maximum Gasteiger partial charge on any atom is 0.151 e. The first-order valence-electron chi connectivity index (χ1n) is 6.24. The summed E-state index contributed by atoms with van der Waals surface area (Å²) in [6, 6.07) is 1.97. The molecule has 0 bridgehead atoms. The summed E-state index contributed by atoms with van der Waals surface area (Å²) in [7, 11) is -0.878. The van der Waals surface area contributed by atoms with Crippen molar-refractivity contribution in [3.05, 3.63) is 24.3 Å². The van der Waals surface area contributed by atoms with Crippen LogP contribution in [-0.2, 0) is 23.4 Å². The van der Waals surface area contributed by atoms with Gasteiger partial charge < -0.3 is 9.88 Å². The molecule has 7 heteroatoms. The minimum absolute atomic E-state index is 0.0444. The predicted octanol–water partition coefficient (Wildman–Crippen LogP) is 0.245. The Kier molecular flexibility index (Phi) is 3.02. The number of hydrogen-bond donors (Lipinski definition) is 1. The first kappa shape index (κ1) is 12.6. The zero-order valence-corrected chi connectivity index (χ0v) is 11.5. The topological polar surface area (TPSA) is 76.9 Å². The summed E-state index contributed by atoms with van der Waals surface area (Å²) in [4.78, 5) is 8.55. The number of imidazole rings is 1. The molecule has 1 atom stereocenters. The lowest BCUT2D eigenvalue weighted by Gasteiger charge is -2.10. The van der Waals surface area contributed by atoms with Crippen LogP contribution in [0.5, 0.6) is 0 Å². The van der Waals surface area contributed by atoms with Crippen molar-refractivity contribution in [2.24, 2.45) is 7.05 Å². The first-order valence-corrected chi connectivity index (χ1v) is 8.06. The molecule has 0 saturated carbocycles. The van der Waals surface area contributed by atoms with Crippen molar-refractivity contribution in [3.63, 3.8) is 0 Å². The van der Waals surface area contributed by atoms with Crippen molar-refractivity contribution >= 4 is 20.9 Å². The summed E-state index contributed by atoms with van der Waals surface area (Å²) in [6.45, 7) is 0.575. The molecule has 19 heavy (non-hydrogen) atoms. The van der Waals surface area contributed by atoms with E-state index in [9.17, 15) is 8.42 Å². The van der Waals surface area contributed by atoms with E-state index in [-0.39, 0.29) is 17.5 Å². The van der Waals surface area contributed by atoms with Gasteiger partial charge in [0.05, 0.1) is 29.8 Å². The van der Waals surface area contributed by atoms with Gasteiger partial charge in [-0.25, -0.2) is 13.4 Å². The van der Waals surface area contributed by atoms with Crippen molar-refractivity contribution in [1.29, 1.82) is 0 Å². The smallest absolute Gasteiger partial charge is 0.151 e. The van der Waals surface area contributed by atoms with E-state index in [1.807, 2.05) is 17.7 Å². The van der Waals surface area contributed by atoms with Crippen LogP contribution in [-0.4, -0.2) is 40.5 Å². The molecule has 1 N–H and O–H groups in total. The fraction of sp³-hybridized carbons (Fsp3) is 0.500. The van der Waals surface area contributed by atoms with Crippen LogP contribution in [0.4, 0.5) is 0 Å². The Morgan fingerprint density at radius 1 is 1.53 bits per heavy atom. The molecule has 0 aliphatic carbocycles. The SMILES string of the molecule is Cn1c(CNC2CCS(=O)(=O)C2)nc2cnccc21. The van der Waals surface area contributed by atoms with Crippen LogP contribution < -0.4 is 5.32 Å². The minimum Gasteiger partial charge on any atom is -0.330 e. The van der Waals surface area contributed by atoms with Crippen LogP contribution in [0, 0.1) is 0 Å². The standard InChI is InChI=1S/C12H16N4O2S/c1-16-11-2-4-13-6-10(11)15-12(16)7-14-9-3-5-19(17,18)8-9/h2,4,6,9,14H,3,5,7-8H2,1H3. The van der Waals surface area contributed by atoms with E-state index in [0.717, 1.165) is 16.9 Å². The zero-order chi connectivity index (χ0) is 13.5. The van der Waals surface area contributed by atoms with Gasteiger partial charge in [-0.15, -0.1) is 0 Å². The third kappa shape index (κ3) is 2.48. The molecule has 2 aromatic heterocycles. The van der Waals surface area contributed by atoms with Gasteiger partial charge in [-0.3, -0.25) is 4.98 Å². The second kappa shape index (κ2) is 4.57. The Balaban J connectivity index is 1.74. The molecule has 0 spiro atoms. The molecule has 1 aliphatic heterocycles. The maximum atomic E-state index is 11.4. The van der Waals surface area contributed by atoms with Gasteiger partial charge >= 0.3 is 0 Å². The van der Waals surface area contributed by atoms with E-state index in [2.05, 4.69) is 15.3 Å². The van der Waals surface area contributed by atoms with Gasteiger partial charge in [-0.05, 0) is 12.5 Å². The highest BCUT2D eigenvalue weighted by Crippen LogP contribution is 2.15. The average molecular weight is 280 g/mol. The number of hydrogen-bond acceptors (Lipinski definition) is 5. The highest BCUT2D eigenvalue weighted by Gasteiger charge is 2.27. The Morgan fingerprint density at radius 3 is 3.05 bits per heavy atom. The number of pyridine rings is 1. The molecule has 1 aliphatic rings. The molecule has 1 fully saturated rings. The molecule has 3 heterocycles. The molecule has 2 aromatic rings. The molecule has 0 aromatic carbocycles. The van der Waals surface area contributed by atoms with Crippen LogP contribution in [0.2, 0.25) is 0 Å². The van der Waals surface area contributed by atoms with Gasteiger partial charge in [0, 0.05) is 19.3 Å². The molecular weight excluding hydrogens is 264 g/mol. The average Bonchev–Trinajstić information content (AvgIpc) is 2.88. The van der Waals surface area contributed by atoms with Crippen molar-refractivity contribution in [1.82, 2.24) is 19.9 Å². The van der Waals surface area contributed by atoms with Crippen molar-refractivity contribution in [2.45, 2.75) is 19.0 Å². The number of aryl methyl sites for hydroxylation is 1. The molecule has 1 saturated heterocycles. The normalized spacial score (nSPS) is 22.1. The van der Waals surface area contributed by atoms with Gasteiger partial charge in [0.25, 0.3) is 0 Å². The highest BCUT2D eigenvalue weighted by molar-refractivity contribution is 7.91. The molecule has 6 nitrogen and oxygen atoms in total. The Morgan fingerprint density at radius 2 is 2.37 bits per heavy atom. The van der Waals surface area contributed by atoms with E-state index >= 15 is 0 Å². The lowest BCUT2D eigenvalue weighted by molar-refractivity contribution is 0.535. The summed E-state index contributed by atoms with van der Waals surface area (Å²) in [5.74, 6) is 1.42. The monoisotopic (exact) mass is 280 g/mol. The van der Waals surface area contributed by atoms with Gasteiger partial charge in [0.1, 0.15) is 11.3 Å². The second-order valence-corrected chi connectivity index (χ2v) is 7.16. The number of fused-ring (bicyclic) bond motifs is 1. The predicted molar refractivity (Wildman–Crippen MR) is 72.4 cm³/mol. The van der Waals surface area contributed by atoms with E-state index in [1.165, 1.54) is 0 Å². The molecular formula is C12H16N4O2S. The highest BCUT2D eigenvalue weighted by atomic mass is 32.2. The summed E-state index contributed by atoms with van der Waals surface area (Å²) in [5, 5.41) is 3.27. The summed E-state index contributed by atoms with van der Waals surface area (Å²) in [5.41, 5.74) is 1.90. The summed E-state index contributed by atoms with van der Waals surface area (Å²) in [6.07, 6.45) is 4.16. The largest absolute Gasteiger partial charge is 0.330 e. The minimum atomic E-state index is -2.83. The zero-order valence-electron chi connectivity index (χ0n) is 10.7. The van der Waals surface area contributed by atoms with Gasteiger partial charge in [-0.1, -0.05) is 0 Å². The van der Waals surface area contributed by atoms with Crippen molar-refractivity contribution in [3.8, 4) is 0 Å². The Hall–Kier alpha value is -1.47. The fourth-order valence-corrected chi connectivity index (χ4v) is 4.16. The second-order valence-electron chi connectivity index (χ2n) is 4.93. The lowest BCUT2D eigenvalue weighted by Crippen LogP contribution is -2.30. The quantitative estimate of drug-likeness (QED) is 0.872. The molecule has 0 radical (unpaired) electrons.